The van der Waals surface area contributed by atoms with Crippen LogP contribution in [0.4, 0.5) is 0 Å². The van der Waals surface area contributed by atoms with Crippen molar-refractivity contribution in [1.82, 2.24) is 4.90 Å². The number of ether oxygens (including phenoxy) is 2. The Balaban J connectivity index is 1.73. The van der Waals surface area contributed by atoms with Crippen LogP contribution < -0.4 is 4.74 Å². The molecule has 1 amide bonds. The number of carbonyl (C=O) groups is 1. The van der Waals surface area contributed by atoms with E-state index in [0.29, 0.717) is 31.0 Å². The minimum Gasteiger partial charge on any atom is -0.497 e. The molecule has 0 aromatic heterocycles. The maximum absolute atomic E-state index is 12.8. The van der Waals surface area contributed by atoms with Crippen LogP contribution in [0.3, 0.4) is 0 Å². The molecule has 0 saturated carbocycles. The van der Waals surface area contributed by atoms with Gasteiger partial charge in [-0.1, -0.05) is 37.3 Å². The first-order valence-electron chi connectivity index (χ1n) is 8.35. The minimum absolute atomic E-state index is 0.0207. The molecule has 4 heteroatoms. The maximum atomic E-state index is 12.8. The van der Waals surface area contributed by atoms with Gasteiger partial charge < -0.3 is 14.4 Å². The van der Waals surface area contributed by atoms with E-state index >= 15 is 0 Å². The van der Waals surface area contributed by atoms with Crippen LogP contribution >= 0.6 is 0 Å². The molecular formula is C20H23NO3. The number of benzene rings is 2. The Kier molecular flexibility index (Phi) is 5.16. The first-order chi connectivity index (χ1) is 11.7. The van der Waals surface area contributed by atoms with Gasteiger partial charge in [0, 0.05) is 12.1 Å². The predicted molar refractivity (Wildman–Crippen MR) is 93.4 cm³/mol. The molecule has 1 heterocycles. The molecule has 1 aliphatic heterocycles. The summed E-state index contributed by atoms with van der Waals surface area (Å²) in [6.45, 7) is 3.87. The zero-order chi connectivity index (χ0) is 16.9. The van der Waals surface area contributed by atoms with Gasteiger partial charge in [-0.2, -0.15) is 0 Å². The van der Waals surface area contributed by atoms with Crippen molar-refractivity contribution in [3.63, 3.8) is 0 Å². The standard InChI is InChI=1S/C20H23NO3/c1-3-15-7-9-16(10-8-15)19-14-21(11-12-24-19)20(22)17-5-4-6-18(13-17)23-2/h4-10,13,19H,3,11-12,14H2,1-2H3. The molecule has 126 valence electrons. The van der Waals surface area contributed by atoms with Crippen molar-refractivity contribution in [3.8, 4) is 5.75 Å². The first kappa shape index (κ1) is 16.5. The number of amides is 1. The number of hydrogen-bond donors (Lipinski definition) is 0. The van der Waals surface area contributed by atoms with Gasteiger partial charge in [-0.05, 0) is 35.7 Å². The lowest BCUT2D eigenvalue weighted by molar-refractivity contribution is -0.0228. The van der Waals surface area contributed by atoms with Gasteiger partial charge in [0.1, 0.15) is 11.9 Å². The smallest absolute Gasteiger partial charge is 0.254 e. The molecule has 1 unspecified atom stereocenters. The monoisotopic (exact) mass is 325 g/mol. The second-order valence-electron chi connectivity index (χ2n) is 5.94. The van der Waals surface area contributed by atoms with Gasteiger partial charge in [-0.3, -0.25) is 4.79 Å². The van der Waals surface area contributed by atoms with Crippen LogP contribution in [-0.2, 0) is 11.2 Å². The fourth-order valence-electron chi connectivity index (χ4n) is 2.94. The third-order valence-corrected chi connectivity index (χ3v) is 4.43. The zero-order valence-corrected chi connectivity index (χ0v) is 14.2. The van der Waals surface area contributed by atoms with Crippen LogP contribution in [-0.4, -0.2) is 37.6 Å². The SMILES string of the molecule is CCc1ccc(C2CN(C(=O)c3cccc(OC)c3)CCO2)cc1. The van der Waals surface area contributed by atoms with Gasteiger partial charge in [-0.15, -0.1) is 0 Å². The Bertz CT molecular complexity index is 696. The van der Waals surface area contributed by atoms with E-state index in [4.69, 9.17) is 9.47 Å². The molecule has 0 bridgehead atoms. The van der Waals surface area contributed by atoms with Gasteiger partial charge in [0.25, 0.3) is 5.91 Å². The summed E-state index contributed by atoms with van der Waals surface area (Å²) in [5, 5.41) is 0. The van der Waals surface area contributed by atoms with Gasteiger partial charge in [0.05, 0.1) is 20.3 Å². The summed E-state index contributed by atoms with van der Waals surface area (Å²) in [5.74, 6) is 0.716. The molecule has 1 fully saturated rings. The number of nitrogens with zero attached hydrogens (tertiary/aromatic N) is 1. The number of hydrogen-bond acceptors (Lipinski definition) is 3. The van der Waals surface area contributed by atoms with E-state index < -0.39 is 0 Å². The van der Waals surface area contributed by atoms with Gasteiger partial charge in [0.15, 0.2) is 0 Å². The van der Waals surface area contributed by atoms with E-state index in [9.17, 15) is 4.79 Å². The Hall–Kier alpha value is -2.33. The highest BCUT2D eigenvalue weighted by molar-refractivity contribution is 5.94. The second-order valence-corrected chi connectivity index (χ2v) is 5.94. The number of carbonyl (C=O) groups excluding carboxylic acids is 1. The minimum atomic E-state index is -0.0702. The summed E-state index contributed by atoms with van der Waals surface area (Å²) in [6, 6.07) is 15.7. The van der Waals surface area contributed by atoms with Crippen LogP contribution in [0.25, 0.3) is 0 Å². The number of methoxy groups -OCH3 is 1. The van der Waals surface area contributed by atoms with E-state index in [1.54, 1.807) is 13.2 Å². The number of aryl methyl sites for hydroxylation is 1. The lowest BCUT2D eigenvalue weighted by Gasteiger charge is -2.33. The number of rotatable bonds is 4. The highest BCUT2D eigenvalue weighted by Gasteiger charge is 2.26. The van der Waals surface area contributed by atoms with E-state index in [1.807, 2.05) is 23.1 Å². The van der Waals surface area contributed by atoms with Crippen molar-refractivity contribution in [2.24, 2.45) is 0 Å². The van der Waals surface area contributed by atoms with Crippen molar-refractivity contribution in [3.05, 3.63) is 65.2 Å². The molecule has 2 aromatic carbocycles. The number of morpholine rings is 1. The van der Waals surface area contributed by atoms with Crippen LogP contribution in [0.15, 0.2) is 48.5 Å². The summed E-state index contributed by atoms with van der Waals surface area (Å²) < 4.78 is 11.1. The average Bonchev–Trinajstić information content (AvgIpc) is 2.67. The van der Waals surface area contributed by atoms with Crippen molar-refractivity contribution in [1.29, 1.82) is 0 Å². The Morgan fingerprint density at radius 2 is 2.04 bits per heavy atom. The third-order valence-electron chi connectivity index (χ3n) is 4.43. The van der Waals surface area contributed by atoms with E-state index in [2.05, 4.69) is 31.2 Å². The molecule has 0 aliphatic carbocycles. The molecule has 0 N–H and O–H groups in total. The molecule has 1 saturated heterocycles. The average molecular weight is 325 g/mol. The molecule has 0 radical (unpaired) electrons. The van der Waals surface area contributed by atoms with Gasteiger partial charge in [-0.25, -0.2) is 0 Å². The predicted octanol–water partition coefficient (Wildman–Crippen LogP) is 3.47. The summed E-state index contributed by atoms with van der Waals surface area (Å²) in [6.07, 6.45) is 0.950. The topological polar surface area (TPSA) is 38.8 Å². The molecule has 3 rings (SSSR count). The summed E-state index contributed by atoms with van der Waals surface area (Å²) in [4.78, 5) is 14.6. The zero-order valence-electron chi connectivity index (χ0n) is 14.2. The van der Waals surface area contributed by atoms with Crippen LogP contribution in [0.2, 0.25) is 0 Å². The summed E-state index contributed by atoms with van der Waals surface area (Å²) in [5.41, 5.74) is 3.07. The molecular weight excluding hydrogens is 302 g/mol. The van der Waals surface area contributed by atoms with E-state index in [-0.39, 0.29) is 12.0 Å². The fraction of sp³-hybridized carbons (Fsp3) is 0.350. The Labute approximate surface area is 143 Å². The highest BCUT2D eigenvalue weighted by atomic mass is 16.5. The van der Waals surface area contributed by atoms with Crippen LogP contribution in [0.5, 0.6) is 5.75 Å². The van der Waals surface area contributed by atoms with Crippen molar-refractivity contribution in [2.75, 3.05) is 26.8 Å². The van der Waals surface area contributed by atoms with Crippen LogP contribution in [0.1, 0.15) is 34.5 Å². The maximum Gasteiger partial charge on any atom is 0.254 e. The Morgan fingerprint density at radius 1 is 1.25 bits per heavy atom. The normalized spacial score (nSPS) is 17.6. The quantitative estimate of drug-likeness (QED) is 0.864. The van der Waals surface area contributed by atoms with Crippen molar-refractivity contribution >= 4 is 5.91 Å². The van der Waals surface area contributed by atoms with Gasteiger partial charge >= 0.3 is 0 Å². The van der Waals surface area contributed by atoms with Gasteiger partial charge in [0.2, 0.25) is 0 Å². The molecule has 2 aromatic rings. The molecule has 4 nitrogen and oxygen atoms in total. The largest absolute Gasteiger partial charge is 0.497 e. The highest BCUT2D eigenvalue weighted by Crippen LogP contribution is 2.24. The van der Waals surface area contributed by atoms with Crippen molar-refractivity contribution < 1.29 is 14.3 Å². The van der Waals surface area contributed by atoms with E-state index in [1.165, 1.54) is 5.56 Å². The molecule has 1 atom stereocenters. The summed E-state index contributed by atoms with van der Waals surface area (Å²) >= 11 is 0. The molecule has 0 spiro atoms. The Morgan fingerprint density at radius 3 is 2.75 bits per heavy atom. The lowest BCUT2D eigenvalue weighted by atomic mass is 10.0. The lowest BCUT2D eigenvalue weighted by Crippen LogP contribution is -2.42. The third kappa shape index (κ3) is 3.60. The van der Waals surface area contributed by atoms with Crippen LogP contribution in [0, 0.1) is 0 Å². The van der Waals surface area contributed by atoms with Crippen molar-refractivity contribution in [2.45, 2.75) is 19.4 Å². The fourth-order valence-corrected chi connectivity index (χ4v) is 2.94. The first-order valence-corrected chi connectivity index (χ1v) is 8.35. The van der Waals surface area contributed by atoms with E-state index in [0.717, 1.165) is 12.0 Å². The summed E-state index contributed by atoms with van der Waals surface area (Å²) in [7, 11) is 1.61. The second kappa shape index (κ2) is 7.49. The molecule has 1 aliphatic rings. The molecule has 24 heavy (non-hydrogen) atoms.